The van der Waals surface area contributed by atoms with Gasteiger partial charge in [-0.15, -0.1) is 0 Å². The van der Waals surface area contributed by atoms with Crippen molar-refractivity contribution < 1.29 is 13.9 Å². The summed E-state index contributed by atoms with van der Waals surface area (Å²) in [6, 6.07) is 12.8. The Kier molecular flexibility index (Phi) is 6.85. The fourth-order valence-corrected chi connectivity index (χ4v) is 5.62. The van der Waals surface area contributed by atoms with Gasteiger partial charge in [0.2, 0.25) is 8.32 Å². The van der Waals surface area contributed by atoms with Gasteiger partial charge in [0, 0.05) is 5.56 Å². The molecule has 0 N–H and O–H groups in total. The molecule has 0 saturated heterocycles. The lowest BCUT2D eigenvalue weighted by Gasteiger charge is -2.39. The smallest absolute Gasteiger partial charge is 0.250 e. The van der Waals surface area contributed by atoms with Crippen LogP contribution in [-0.4, -0.2) is 22.5 Å². The van der Waals surface area contributed by atoms with E-state index in [1.54, 1.807) is 14.2 Å². The molecule has 0 bridgehead atoms. The van der Waals surface area contributed by atoms with Crippen LogP contribution in [0.1, 0.15) is 63.6 Å². The minimum atomic E-state index is -1.86. The minimum Gasteiger partial charge on any atom is -0.543 e. The SMILES string of the molecule is C=C(CC1(C)CCCc2cc(O[Si](C)(C)C(C)(C)C)ccc21)c1cccc(OC)c1OC. The first kappa shape index (κ1) is 24.4. The van der Waals surface area contributed by atoms with E-state index in [4.69, 9.17) is 13.9 Å². The Hall–Kier alpha value is -2.20. The molecule has 0 amide bonds. The molecule has 0 radical (unpaired) electrons. The molecule has 0 saturated carbocycles. The van der Waals surface area contributed by atoms with Crippen molar-refractivity contribution in [1.82, 2.24) is 0 Å². The summed E-state index contributed by atoms with van der Waals surface area (Å²) in [6.07, 6.45) is 4.31. The third-order valence-corrected chi connectivity index (χ3v) is 11.8. The highest BCUT2D eigenvalue weighted by molar-refractivity contribution is 6.74. The van der Waals surface area contributed by atoms with Crippen LogP contribution >= 0.6 is 0 Å². The van der Waals surface area contributed by atoms with Crippen LogP contribution < -0.4 is 13.9 Å². The summed E-state index contributed by atoms with van der Waals surface area (Å²) in [5.74, 6) is 2.53. The molecule has 2 aromatic rings. The molecule has 0 heterocycles. The Labute approximate surface area is 195 Å². The highest BCUT2D eigenvalue weighted by atomic mass is 28.4. The molecule has 0 aromatic heterocycles. The normalized spacial score (nSPS) is 18.6. The number of rotatable bonds is 7. The maximum atomic E-state index is 6.60. The zero-order valence-corrected chi connectivity index (χ0v) is 22.2. The van der Waals surface area contributed by atoms with Crippen LogP contribution in [0.5, 0.6) is 17.2 Å². The summed E-state index contributed by atoms with van der Waals surface area (Å²) >= 11 is 0. The number of aryl methyl sites for hydroxylation is 1. The van der Waals surface area contributed by atoms with Crippen molar-refractivity contribution in [3.05, 3.63) is 59.7 Å². The van der Waals surface area contributed by atoms with Crippen LogP contribution in [0.2, 0.25) is 18.1 Å². The lowest BCUT2D eigenvalue weighted by molar-refractivity contribution is 0.353. The van der Waals surface area contributed by atoms with Crippen molar-refractivity contribution in [3.8, 4) is 17.2 Å². The average Bonchev–Trinajstić information content (AvgIpc) is 2.71. The summed E-state index contributed by atoms with van der Waals surface area (Å²) in [6.45, 7) is 18.3. The van der Waals surface area contributed by atoms with E-state index in [0.717, 1.165) is 47.6 Å². The molecule has 2 aromatic carbocycles. The molecule has 0 aliphatic heterocycles. The van der Waals surface area contributed by atoms with Gasteiger partial charge < -0.3 is 13.9 Å². The second kappa shape index (κ2) is 8.97. The second-order valence-corrected chi connectivity index (χ2v) is 15.6. The van der Waals surface area contributed by atoms with Crippen LogP contribution in [0.15, 0.2) is 43.0 Å². The average molecular weight is 453 g/mol. The van der Waals surface area contributed by atoms with Gasteiger partial charge in [0.15, 0.2) is 11.5 Å². The van der Waals surface area contributed by atoms with E-state index in [1.807, 2.05) is 12.1 Å². The Morgan fingerprint density at radius 3 is 2.44 bits per heavy atom. The van der Waals surface area contributed by atoms with Crippen molar-refractivity contribution in [2.24, 2.45) is 0 Å². The van der Waals surface area contributed by atoms with E-state index in [-0.39, 0.29) is 10.5 Å². The van der Waals surface area contributed by atoms with Crippen molar-refractivity contribution in [2.75, 3.05) is 14.2 Å². The zero-order valence-electron chi connectivity index (χ0n) is 21.2. The van der Waals surface area contributed by atoms with E-state index in [2.05, 4.69) is 71.6 Å². The highest BCUT2D eigenvalue weighted by Crippen LogP contribution is 2.46. The standard InChI is InChI=1S/C28H40O3Si/c1-20(23-13-10-14-25(29-6)26(23)30-7)19-28(5)17-11-12-21-18-22(15-16-24(21)28)31-32(8,9)27(2,3)4/h10,13-16,18H,1,11-12,17,19H2,2-9H3. The summed E-state index contributed by atoms with van der Waals surface area (Å²) < 4.78 is 17.8. The highest BCUT2D eigenvalue weighted by Gasteiger charge is 2.39. The van der Waals surface area contributed by atoms with Crippen LogP contribution in [-0.2, 0) is 11.8 Å². The van der Waals surface area contributed by atoms with Gasteiger partial charge >= 0.3 is 0 Å². The molecular formula is C28H40O3Si. The Morgan fingerprint density at radius 2 is 1.81 bits per heavy atom. The molecule has 1 aliphatic carbocycles. The zero-order chi connectivity index (χ0) is 23.7. The van der Waals surface area contributed by atoms with Gasteiger partial charge in [0.05, 0.1) is 14.2 Å². The van der Waals surface area contributed by atoms with Crippen LogP contribution in [0.25, 0.3) is 5.57 Å². The molecule has 1 atom stereocenters. The maximum absolute atomic E-state index is 6.60. The third kappa shape index (κ3) is 4.75. The molecule has 1 unspecified atom stereocenters. The first-order valence-corrected chi connectivity index (χ1v) is 14.5. The number of methoxy groups -OCH3 is 2. The fraction of sp³-hybridized carbons (Fsp3) is 0.500. The fourth-order valence-electron chi connectivity index (χ4n) is 4.60. The Balaban J connectivity index is 1.89. The quantitative estimate of drug-likeness (QED) is 0.401. The Bertz CT molecular complexity index is 987. The summed E-state index contributed by atoms with van der Waals surface area (Å²) in [4.78, 5) is 0. The largest absolute Gasteiger partial charge is 0.543 e. The van der Waals surface area contributed by atoms with E-state index in [9.17, 15) is 0 Å². The maximum Gasteiger partial charge on any atom is 0.250 e. The van der Waals surface area contributed by atoms with Gasteiger partial charge in [-0.2, -0.15) is 0 Å². The van der Waals surface area contributed by atoms with Gasteiger partial charge in [0.25, 0.3) is 0 Å². The molecule has 174 valence electrons. The topological polar surface area (TPSA) is 27.7 Å². The van der Waals surface area contributed by atoms with Crippen molar-refractivity contribution in [1.29, 1.82) is 0 Å². The van der Waals surface area contributed by atoms with Gasteiger partial charge in [0.1, 0.15) is 5.75 Å². The summed E-state index contributed by atoms with van der Waals surface area (Å²) in [5.41, 5.74) is 4.99. The van der Waals surface area contributed by atoms with Crippen molar-refractivity contribution in [3.63, 3.8) is 0 Å². The molecule has 4 heteroatoms. The summed E-state index contributed by atoms with van der Waals surface area (Å²) in [5, 5.41) is 0.185. The van der Waals surface area contributed by atoms with Crippen LogP contribution in [0, 0.1) is 0 Å². The molecule has 1 aliphatic rings. The third-order valence-electron chi connectivity index (χ3n) is 7.47. The molecule has 0 fully saturated rings. The van der Waals surface area contributed by atoms with Gasteiger partial charge in [-0.25, -0.2) is 0 Å². The predicted octanol–water partition coefficient (Wildman–Crippen LogP) is 7.79. The van der Waals surface area contributed by atoms with Gasteiger partial charge in [-0.1, -0.05) is 52.5 Å². The lowest BCUT2D eigenvalue weighted by atomic mass is 9.67. The first-order chi connectivity index (χ1) is 14.9. The molecular weight excluding hydrogens is 412 g/mol. The number of para-hydroxylation sites is 1. The number of hydrogen-bond acceptors (Lipinski definition) is 3. The number of hydrogen-bond donors (Lipinski definition) is 0. The van der Waals surface area contributed by atoms with Crippen LogP contribution in [0.3, 0.4) is 0 Å². The number of fused-ring (bicyclic) bond motifs is 1. The van der Waals surface area contributed by atoms with E-state index < -0.39 is 8.32 Å². The van der Waals surface area contributed by atoms with Crippen molar-refractivity contribution >= 4 is 13.9 Å². The number of benzene rings is 2. The molecule has 32 heavy (non-hydrogen) atoms. The molecule has 3 rings (SSSR count). The van der Waals surface area contributed by atoms with Gasteiger partial charge in [-0.05, 0) is 84.1 Å². The minimum absolute atomic E-state index is 0.0360. The van der Waals surface area contributed by atoms with E-state index >= 15 is 0 Å². The van der Waals surface area contributed by atoms with Crippen molar-refractivity contribution in [2.45, 2.75) is 76.9 Å². The monoisotopic (exact) mass is 452 g/mol. The number of ether oxygens (including phenoxy) is 2. The number of allylic oxidation sites excluding steroid dienone is 1. The van der Waals surface area contributed by atoms with E-state index in [1.165, 1.54) is 17.5 Å². The Morgan fingerprint density at radius 1 is 1.09 bits per heavy atom. The van der Waals surface area contributed by atoms with E-state index in [0.29, 0.717) is 0 Å². The second-order valence-electron chi connectivity index (χ2n) is 10.9. The predicted molar refractivity (Wildman–Crippen MR) is 138 cm³/mol. The van der Waals surface area contributed by atoms with Gasteiger partial charge in [-0.3, -0.25) is 0 Å². The lowest BCUT2D eigenvalue weighted by Crippen LogP contribution is -2.43. The first-order valence-electron chi connectivity index (χ1n) is 11.6. The molecule has 3 nitrogen and oxygen atoms in total. The summed E-state index contributed by atoms with van der Waals surface area (Å²) in [7, 11) is 1.51. The molecule has 0 spiro atoms. The van der Waals surface area contributed by atoms with Crippen LogP contribution in [0.4, 0.5) is 0 Å².